The van der Waals surface area contributed by atoms with E-state index in [0.717, 1.165) is 24.3 Å². The van der Waals surface area contributed by atoms with E-state index in [-0.39, 0.29) is 18.1 Å². The lowest BCUT2D eigenvalue weighted by Gasteiger charge is -2.25. The third-order valence-electron chi connectivity index (χ3n) is 4.70. The number of pyridine rings is 1. The van der Waals surface area contributed by atoms with Gasteiger partial charge in [0.1, 0.15) is 17.9 Å². The first-order valence-electron chi connectivity index (χ1n) is 8.46. The Labute approximate surface area is 152 Å². The van der Waals surface area contributed by atoms with E-state index < -0.39 is 0 Å². The zero-order valence-corrected chi connectivity index (χ0v) is 15.2. The maximum Gasteiger partial charge on any atom is 0.253 e. The molecule has 0 unspecified atom stereocenters. The van der Waals surface area contributed by atoms with Crippen LogP contribution in [0.2, 0.25) is 0 Å². The number of methoxy groups -OCH3 is 2. The molecule has 1 aliphatic rings. The first kappa shape index (κ1) is 18.1. The van der Waals surface area contributed by atoms with Gasteiger partial charge in [0.05, 0.1) is 31.0 Å². The molecule has 0 bridgehead atoms. The standard InChI is InChI=1S/C18H23N5O3/c1-12-15(8-20-9-16(12)26-3)18(24)21-7-13-6-14(25-2)10-23(13)17-4-5-19-11-22-17/h4-5,8-9,11,13-14H,6-7,10H2,1-3H3,(H,21,24)/t13-,14-/m1/s1. The molecule has 2 aromatic rings. The number of hydrogen-bond donors (Lipinski definition) is 1. The van der Waals surface area contributed by atoms with E-state index in [2.05, 4.69) is 25.2 Å². The van der Waals surface area contributed by atoms with Gasteiger partial charge in [-0.05, 0) is 19.4 Å². The fraction of sp³-hybridized carbons (Fsp3) is 0.444. The number of aromatic nitrogens is 3. The van der Waals surface area contributed by atoms with Crippen LogP contribution in [0.3, 0.4) is 0 Å². The normalized spacial score (nSPS) is 19.4. The summed E-state index contributed by atoms with van der Waals surface area (Å²) in [6, 6.07) is 1.96. The highest BCUT2D eigenvalue weighted by Gasteiger charge is 2.33. The van der Waals surface area contributed by atoms with Crippen LogP contribution < -0.4 is 15.0 Å². The molecule has 26 heavy (non-hydrogen) atoms. The van der Waals surface area contributed by atoms with Crippen LogP contribution >= 0.6 is 0 Å². The lowest BCUT2D eigenvalue weighted by Crippen LogP contribution is -2.40. The molecule has 1 saturated heterocycles. The van der Waals surface area contributed by atoms with Crippen molar-refractivity contribution in [2.45, 2.75) is 25.5 Å². The molecule has 2 atom stereocenters. The minimum absolute atomic E-state index is 0.0951. The number of carbonyl (C=O) groups excluding carboxylic acids is 1. The van der Waals surface area contributed by atoms with Gasteiger partial charge in [-0.2, -0.15) is 0 Å². The van der Waals surface area contributed by atoms with Gasteiger partial charge in [0.15, 0.2) is 0 Å². The van der Waals surface area contributed by atoms with Crippen LogP contribution in [0.5, 0.6) is 5.75 Å². The Balaban J connectivity index is 1.70. The maximum absolute atomic E-state index is 12.6. The minimum Gasteiger partial charge on any atom is -0.495 e. The van der Waals surface area contributed by atoms with Crippen molar-refractivity contribution in [2.75, 3.05) is 32.2 Å². The number of amides is 1. The van der Waals surface area contributed by atoms with Gasteiger partial charge in [0.25, 0.3) is 5.91 Å². The van der Waals surface area contributed by atoms with Gasteiger partial charge in [-0.3, -0.25) is 9.78 Å². The minimum atomic E-state index is -0.169. The zero-order valence-electron chi connectivity index (χ0n) is 15.2. The van der Waals surface area contributed by atoms with Gasteiger partial charge in [0.2, 0.25) is 0 Å². The van der Waals surface area contributed by atoms with Gasteiger partial charge >= 0.3 is 0 Å². The summed E-state index contributed by atoms with van der Waals surface area (Å²) in [5.74, 6) is 1.26. The molecule has 1 amide bonds. The number of ether oxygens (including phenoxy) is 2. The lowest BCUT2D eigenvalue weighted by atomic mass is 10.1. The number of hydrogen-bond acceptors (Lipinski definition) is 7. The van der Waals surface area contributed by atoms with Crippen LogP contribution in [0.15, 0.2) is 31.0 Å². The molecule has 3 rings (SSSR count). The van der Waals surface area contributed by atoms with Gasteiger partial charge in [-0.1, -0.05) is 0 Å². The summed E-state index contributed by atoms with van der Waals surface area (Å²) >= 11 is 0. The molecule has 2 aromatic heterocycles. The first-order chi connectivity index (χ1) is 12.6. The van der Waals surface area contributed by atoms with Gasteiger partial charge in [-0.25, -0.2) is 9.97 Å². The zero-order chi connectivity index (χ0) is 18.5. The van der Waals surface area contributed by atoms with E-state index in [1.807, 2.05) is 13.0 Å². The van der Waals surface area contributed by atoms with Gasteiger partial charge in [0, 0.05) is 38.2 Å². The average molecular weight is 357 g/mol. The van der Waals surface area contributed by atoms with Crippen molar-refractivity contribution < 1.29 is 14.3 Å². The fourth-order valence-electron chi connectivity index (χ4n) is 3.22. The second-order valence-electron chi connectivity index (χ2n) is 6.19. The van der Waals surface area contributed by atoms with Gasteiger partial charge < -0.3 is 19.7 Å². The number of rotatable bonds is 6. The molecule has 8 heteroatoms. The number of nitrogens with one attached hydrogen (secondary N) is 1. The molecule has 1 fully saturated rings. The van der Waals surface area contributed by atoms with E-state index in [0.29, 0.717) is 17.9 Å². The molecule has 138 valence electrons. The molecule has 8 nitrogen and oxygen atoms in total. The van der Waals surface area contributed by atoms with Crippen LogP contribution in [0.4, 0.5) is 5.82 Å². The molecular formula is C18H23N5O3. The molecule has 3 heterocycles. The Morgan fingerprint density at radius 1 is 1.35 bits per heavy atom. The summed E-state index contributed by atoms with van der Waals surface area (Å²) in [6.07, 6.45) is 7.31. The summed E-state index contributed by atoms with van der Waals surface area (Å²) in [5, 5.41) is 3.00. The molecule has 0 spiro atoms. The van der Waals surface area contributed by atoms with Crippen LogP contribution in [-0.2, 0) is 4.74 Å². The van der Waals surface area contributed by atoms with Crippen molar-refractivity contribution in [1.29, 1.82) is 0 Å². The van der Waals surface area contributed by atoms with E-state index in [4.69, 9.17) is 9.47 Å². The van der Waals surface area contributed by atoms with E-state index in [9.17, 15) is 4.79 Å². The van der Waals surface area contributed by atoms with E-state index in [1.165, 1.54) is 6.33 Å². The van der Waals surface area contributed by atoms with Crippen LogP contribution in [0.1, 0.15) is 22.3 Å². The van der Waals surface area contributed by atoms with Crippen molar-refractivity contribution in [3.8, 4) is 5.75 Å². The third kappa shape index (κ3) is 3.75. The highest BCUT2D eigenvalue weighted by molar-refractivity contribution is 5.95. The van der Waals surface area contributed by atoms with Gasteiger partial charge in [-0.15, -0.1) is 0 Å². The maximum atomic E-state index is 12.6. The number of anilines is 1. The number of carbonyl (C=O) groups is 1. The Morgan fingerprint density at radius 2 is 2.19 bits per heavy atom. The monoisotopic (exact) mass is 357 g/mol. The van der Waals surface area contributed by atoms with Crippen molar-refractivity contribution in [2.24, 2.45) is 0 Å². The molecule has 0 radical (unpaired) electrons. The highest BCUT2D eigenvalue weighted by Crippen LogP contribution is 2.25. The number of nitrogens with zero attached hydrogens (tertiary/aromatic N) is 4. The fourth-order valence-corrected chi connectivity index (χ4v) is 3.22. The van der Waals surface area contributed by atoms with Crippen LogP contribution in [0, 0.1) is 6.92 Å². The summed E-state index contributed by atoms with van der Waals surface area (Å²) in [4.78, 5) is 27.1. The Kier molecular flexibility index (Phi) is 5.62. The predicted octanol–water partition coefficient (Wildman–Crippen LogP) is 1.21. The SMILES string of the molecule is COc1cncc(C(=O)NC[C@H]2C[C@@H](OC)CN2c2ccncn2)c1C. The van der Waals surface area contributed by atoms with Crippen LogP contribution in [0.25, 0.3) is 0 Å². The average Bonchev–Trinajstić information content (AvgIpc) is 3.10. The quantitative estimate of drug-likeness (QED) is 0.831. The molecular weight excluding hydrogens is 334 g/mol. The third-order valence-corrected chi connectivity index (χ3v) is 4.70. The predicted molar refractivity (Wildman–Crippen MR) is 96.4 cm³/mol. The second-order valence-corrected chi connectivity index (χ2v) is 6.19. The van der Waals surface area contributed by atoms with Crippen molar-refractivity contribution in [3.63, 3.8) is 0 Å². The summed E-state index contributed by atoms with van der Waals surface area (Å²) in [7, 11) is 3.27. The highest BCUT2D eigenvalue weighted by atomic mass is 16.5. The van der Waals surface area contributed by atoms with Crippen molar-refractivity contribution in [3.05, 3.63) is 42.1 Å². The van der Waals surface area contributed by atoms with E-state index in [1.54, 1.807) is 32.8 Å². The lowest BCUT2D eigenvalue weighted by molar-refractivity contribution is 0.0945. The molecule has 0 saturated carbocycles. The van der Waals surface area contributed by atoms with Crippen LogP contribution in [-0.4, -0.2) is 60.3 Å². The first-order valence-corrected chi connectivity index (χ1v) is 8.46. The Bertz CT molecular complexity index is 756. The summed E-state index contributed by atoms with van der Waals surface area (Å²) in [6.45, 7) is 3.06. The Hall–Kier alpha value is -2.74. The summed E-state index contributed by atoms with van der Waals surface area (Å²) in [5.41, 5.74) is 1.29. The second kappa shape index (κ2) is 8.09. The molecule has 1 aliphatic heterocycles. The largest absolute Gasteiger partial charge is 0.495 e. The Morgan fingerprint density at radius 3 is 2.88 bits per heavy atom. The summed E-state index contributed by atoms with van der Waals surface area (Å²) < 4.78 is 10.7. The molecule has 0 aromatic carbocycles. The topological polar surface area (TPSA) is 89.5 Å². The molecule has 1 N–H and O–H groups in total. The van der Waals surface area contributed by atoms with E-state index >= 15 is 0 Å². The van der Waals surface area contributed by atoms with Crippen molar-refractivity contribution >= 4 is 11.7 Å². The van der Waals surface area contributed by atoms with Crippen molar-refractivity contribution in [1.82, 2.24) is 20.3 Å². The molecule has 0 aliphatic carbocycles. The smallest absolute Gasteiger partial charge is 0.253 e.